The first-order chi connectivity index (χ1) is 14.2. The zero-order valence-electron chi connectivity index (χ0n) is 15.1. The van der Waals surface area contributed by atoms with Crippen molar-refractivity contribution < 1.29 is 18.3 Å². The summed E-state index contributed by atoms with van der Waals surface area (Å²) in [6.45, 7) is 0.304. The lowest BCUT2D eigenvalue weighted by atomic mass is 10.1. The van der Waals surface area contributed by atoms with Crippen LogP contribution in [0.15, 0.2) is 77.8 Å². The minimum Gasteiger partial charge on any atom is -0.423 e. The topological polar surface area (TPSA) is 90.1 Å². The van der Waals surface area contributed by atoms with Crippen LogP contribution >= 0.6 is 0 Å². The van der Waals surface area contributed by atoms with E-state index in [-0.39, 0.29) is 5.75 Å². The molecule has 1 amide bonds. The van der Waals surface area contributed by atoms with Gasteiger partial charge in [-0.1, -0.05) is 30.3 Å². The van der Waals surface area contributed by atoms with E-state index in [0.29, 0.717) is 29.1 Å². The van der Waals surface area contributed by atoms with E-state index in [1.54, 1.807) is 24.5 Å². The van der Waals surface area contributed by atoms with Gasteiger partial charge in [0.25, 0.3) is 0 Å². The smallest absolute Gasteiger partial charge is 0.412 e. The van der Waals surface area contributed by atoms with Crippen molar-refractivity contribution in [1.82, 2.24) is 20.5 Å². The summed E-state index contributed by atoms with van der Waals surface area (Å²) in [5.74, 6) is -0.169. The van der Waals surface area contributed by atoms with Gasteiger partial charge in [0.15, 0.2) is 0 Å². The van der Waals surface area contributed by atoms with E-state index >= 15 is 0 Å². The molecule has 2 heterocycles. The van der Waals surface area contributed by atoms with Gasteiger partial charge in [0.1, 0.15) is 11.6 Å². The molecule has 0 fully saturated rings. The van der Waals surface area contributed by atoms with Crippen LogP contribution in [-0.4, -0.2) is 21.3 Å². The molecule has 2 aromatic heterocycles. The summed E-state index contributed by atoms with van der Waals surface area (Å²) in [5.41, 5.74) is 2.61. The van der Waals surface area contributed by atoms with Gasteiger partial charge in [-0.2, -0.15) is 0 Å². The lowest BCUT2D eigenvalue weighted by molar-refractivity contribution is 0.200. The molecular formula is C21H15FN4O3. The molecule has 0 aliphatic rings. The summed E-state index contributed by atoms with van der Waals surface area (Å²) >= 11 is 0. The molecule has 0 aliphatic heterocycles. The number of amides is 1. The molecule has 144 valence electrons. The molecule has 0 saturated carbocycles. The van der Waals surface area contributed by atoms with Crippen LogP contribution in [0.25, 0.3) is 22.6 Å². The van der Waals surface area contributed by atoms with Crippen molar-refractivity contribution in [1.29, 1.82) is 0 Å². The number of ether oxygens (including phenoxy) is 1. The number of pyridine rings is 1. The summed E-state index contributed by atoms with van der Waals surface area (Å²) in [6, 6.07) is 15.1. The molecule has 0 radical (unpaired) electrons. The lowest BCUT2D eigenvalue weighted by Gasteiger charge is -2.09. The maximum atomic E-state index is 14.1. The van der Waals surface area contributed by atoms with E-state index < -0.39 is 11.9 Å². The molecule has 0 aliphatic carbocycles. The Morgan fingerprint density at radius 3 is 2.66 bits per heavy atom. The number of rotatable bonds is 5. The molecule has 2 aromatic carbocycles. The standard InChI is InChI=1S/C21H15FN4O3/c22-18-7-15(16-6-17(12-23-11-16)20-26-25-13-28-20)8-19(9-18)29-21(27)24-10-14-4-2-1-3-5-14/h1-9,11-13H,10H2,(H,24,27). The van der Waals surface area contributed by atoms with Gasteiger partial charge in [-0.3, -0.25) is 4.98 Å². The van der Waals surface area contributed by atoms with Crippen molar-refractivity contribution in [3.05, 3.63) is 84.8 Å². The summed E-state index contributed by atoms with van der Waals surface area (Å²) < 4.78 is 24.5. The molecule has 4 aromatic rings. The Morgan fingerprint density at radius 1 is 1.03 bits per heavy atom. The summed E-state index contributed by atoms with van der Waals surface area (Å²) in [5, 5.41) is 10.1. The number of hydrogen-bond acceptors (Lipinski definition) is 6. The van der Waals surface area contributed by atoms with Crippen molar-refractivity contribution in [3.63, 3.8) is 0 Å². The van der Waals surface area contributed by atoms with Gasteiger partial charge in [0.05, 0.1) is 5.56 Å². The van der Waals surface area contributed by atoms with Crippen molar-refractivity contribution in [2.75, 3.05) is 0 Å². The molecule has 4 rings (SSSR count). The quantitative estimate of drug-likeness (QED) is 0.549. The molecule has 7 nitrogen and oxygen atoms in total. The maximum Gasteiger partial charge on any atom is 0.412 e. The van der Waals surface area contributed by atoms with Gasteiger partial charge in [-0.25, -0.2) is 9.18 Å². The molecule has 0 unspecified atom stereocenters. The second-order valence-electron chi connectivity index (χ2n) is 6.11. The minimum atomic E-state index is -0.678. The Labute approximate surface area is 165 Å². The van der Waals surface area contributed by atoms with E-state index in [0.717, 1.165) is 11.6 Å². The molecule has 29 heavy (non-hydrogen) atoms. The van der Waals surface area contributed by atoms with Crippen molar-refractivity contribution in [2.45, 2.75) is 6.54 Å². The minimum absolute atomic E-state index is 0.0776. The fraction of sp³-hybridized carbons (Fsp3) is 0.0476. The number of nitrogens with zero attached hydrogens (tertiary/aromatic N) is 3. The second-order valence-corrected chi connectivity index (χ2v) is 6.11. The summed E-state index contributed by atoms with van der Waals surface area (Å²) in [7, 11) is 0. The Balaban J connectivity index is 1.50. The van der Waals surface area contributed by atoms with E-state index in [2.05, 4.69) is 20.5 Å². The zero-order chi connectivity index (χ0) is 20.1. The summed E-state index contributed by atoms with van der Waals surface area (Å²) in [4.78, 5) is 16.2. The monoisotopic (exact) mass is 390 g/mol. The van der Waals surface area contributed by atoms with E-state index in [1.165, 1.54) is 12.5 Å². The Bertz CT molecular complexity index is 1120. The second kappa shape index (κ2) is 8.30. The number of carbonyl (C=O) groups is 1. The largest absolute Gasteiger partial charge is 0.423 e. The highest BCUT2D eigenvalue weighted by Crippen LogP contribution is 2.28. The van der Waals surface area contributed by atoms with Crippen molar-refractivity contribution >= 4 is 6.09 Å². The Hall–Kier alpha value is -4.07. The fourth-order valence-electron chi connectivity index (χ4n) is 2.72. The van der Waals surface area contributed by atoms with Gasteiger partial charge in [0, 0.05) is 30.6 Å². The zero-order valence-corrected chi connectivity index (χ0v) is 15.1. The molecule has 0 spiro atoms. The highest BCUT2D eigenvalue weighted by Gasteiger charge is 2.11. The molecular weight excluding hydrogens is 375 g/mol. The highest BCUT2D eigenvalue weighted by atomic mass is 19.1. The van der Waals surface area contributed by atoms with Crippen LogP contribution in [0.2, 0.25) is 0 Å². The van der Waals surface area contributed by atoms with Gasteiger partial charge >= 0.3 is 6.09 Å². The molecule has 8 heteroatoms. The number of hydrogen-bond donors (Lipinski definition) is 1. The first kappa shape index (κ1) is 18.3. The SMILES string of the molecule is O=C(NCc1ccccc1)Oc1cc(F)cc(-c2cncc(-c3nnco3)c2)c1. The third-order valence-electron chi connectivity index (χ3n) is 4.04. The predicted octanol–water partition coefficient (Wildman–Crippen LogP) is 4.23. The molecule has 1 N–H and O–H groups in total. The Morgan fingerprint density at radius 2 is 1.86 bits per heavy atom. The number of carbonyl (C=O) groups excluding carboxylic acids is 1. The number of benzene rings is 2. The summed E-state index contributed by atoms with van der Waals surface area (Å²) in [6.07, 6.45) is 3.66. The van der Waals surface area contributed by atoms with E-state index in [1.807, 2.05) is 30.3 Å². The van der Waals surface area contributed by atoms with Crippen LogP contribution in [0.1, 0.15) is 5.56 Å². The average Bonchev–Trinajstić information content (AvgIpc) is 3.28. The van der Waals surface area contributed by atoms with Gasteiger partial charge in [-0.15, -0.1) is 10.2 Å². The van der Waals surface area contributed by atoms with Gasteiger partial charge < -0.3 is 14.5 Å². The number of nitrogens with one attached hydrogen (secondary N) is 1. The van der Waals surface area contributed by atoms with Crippen LogP contribution in [0, 0.1) is 5.82 Å². The van der Waals surface area contributed by atoms with Crippen LogP contribution in [-0.2, 0) is 6.54 Å². The van der Waals surface area contributed by atoms with E-state index in [9.17, 15) is 9.18 Å². The van der Waals surface area contributed by atoms with E-state index in [4.69, 9.17) is 9.15 Å². The highest BCUT2D eigenvalue weighted by molar-refractivity contribution is 5.73. The maximum absolute atomic E-state index is 14.1. The third-order valence-corrected chi connectivity index (χ3v) is 4.04. The van der Waals surface area contributed by atoms with Gasteiger partial charge in [-0.05, 0) is 29.3 Å². The molecule has 0 saturated heterocycles. The van der Waals surface area contributed by atoms with Crippen LogP contribution in [0.5, 0.6) is 5.75 Å². The third kappa shape index (κ3) is 4.62. The normalized spacial score (nSPS) is 10.5. The fourth-order valence-corrected chi connectivity index (χ4v) is 2.72. The van der Waals surface area contributed by atoms with Crippen LogP contribution < -0.4 is 10.1 Å². The Kier molecular flexibility index (Phi) is 5.24. The average molecular weight is 390 g/mol. The predicted molar refractivity (Wildman–Crippen MR) is 102 cm³/mol. The first-order valence-corrected chi connectivity index (χ1v) is 8.69. The van der Waals surface area contributed by atoms with Crippen molar-refractivity contribution in [3.8, 4) is 28.3 Å². The first-order valence-electron chi connectivity index (χ1n) is 8.69. The van der Waals surface area contributed by atoms with Crippen LogP contribution in [0.3, 0.4) is 0 Å². The van der Waals surface area contributed by atoms with Gasteiger partial charge in [0.2, 0.25) is 12.3 Å². The molecule has 0 bridgehead atoms. The number of aromatic nitrogens is 3. The number of halogens is 1. The molecule has 0 atom stereocenters. The van der Waals surface area contributed by atoms with Crippen molar-refractivity contribution in [2.24, 2.45) is 0 Å². The van der Waals surface area contributed by atoms with Crippen LogP contribution in [0.4, 0.5) is 9.18 Å². The lowest BCUT2D eigenvalue weighted by Crippen LogP contribution is -2.26.